The highest BCUT2D eigenvalue weighted by Crippen LogP contribution is 2.37. The van der Waals surface area contributed by atoms with Crippen LogP contribution < -0.4 is 4.74 Å². The second kappa shape index (κ2) is 9.64. The van der Waals surface area contributed by atoms with Crippen LogP contribution in [-0.2, 0) is 6.54 Å². The minimum atomic E-state index is 0. The summed E-state index contributed by atoms with van der Waals surface area (Å²) in [6.45, 7) is 0.704. The van der Waals surface area contributed by atoms with Crippen LogP contribution in [0.3, 0.4) is 0 Å². The number of hydrogen-bond acceptors (Lipinski definition) is 6. The van der Waals surface area contributed by atoms with Gasteiger partial charge in [-0.1, -0.05) is 36.4 Å². The molecule has 0 aliphatic carbocycles. The molecule has 6 rings (SSSR count). The normalized spacial score (nSPS) is 10.9. The van der Waals surface area contributed by atoms with Crippen molar-refractivity contribution in [2.45, 2.75) is 6.54 Å². The smallest absolute Gasteiger partial charge is 0.185 e. The molecule has 3 aromatic carbocycles. The van der Waals surface area contributed by atoms with E-state index in [0.29, 0.717) is 24.3 Å². The van der Waals surface area contributed by atoms with Crippen LogP contribution in [0.15, 0.2) is 89.7 Å². The summed E-state index contributed by atoms with van der Waals surface area (Å²) < 4.78 is 13.2. The van der Waals surface area contributed by atoms with Crippen LogP contribution >= 0.6 is 12.4 Å². The molecule has 0 spiro atoms. The molecule has 0 aliphatic heterocycles. The van der Waals surface area contributed by atoms with Gasteiger partial charge >= 0.3 is 0 Å². The van der Waals surface area contributed by atoms with E-state index in [9.17, 15) is 4.79 Å². The molecule has 0 saturated carbocycles. The second-order valence-corrected chi connectivity index (χ2v) is 8.17. The molecule has 178 valence electrons. The molecule has 3 aromatic heterocycles. The Labute approximate surface area is 212 Å². The summed E-state index contributed by atoms with van der Waals surface area (Å²) in [5.74, 6) is 1.40. The number of aromatic nitrogens is 4. The Morgan fingerprint density at radius 3 is 2.64 bits per heavy atom. The number of aldehydes is 1. The van der Waals surface area contributed by atoms with Crippen molar-refractivity contribution in [3.8, 4) is 28.3 Å². The van der Waals surface area contributed by atoms with Crippen LogP contribution in [0.4, 0.5) is 0 Å². The van der Waals surface area contributed by atoms with E-state index in [1.54, 1.807) is 25.6 Å². The van der Waals surface area contributed by atoms with Crippen molar-refractivity contribution >= 4 is 40.5 Å². The van der Waals surface area contributed by atoms with E-state index < -0.39 is 0 Å². The third-order valence-corrected chi connectivity index (χ3v) is 6.06. The molecular weight excluding hydrogens is 476 g/mol. The Morgan fingerprint density at radius 2 is 1.86 bits per heavy atom. The van der Waals surface area contributed by atoms with E-state index in [1.807, 2.05) is 41.2 Å². The van der Waals surface area contributed by atoms with Crippen LogP contribution in [0.25, 0.3) is 44.4 Å². The fourth-order valence-corrected chi connectivity index (χ4v) is 4.35. The quantitative estimate of drug-likeness (QED) is 0.255. The van der Waals surface area contributed by atoms with Crippen molar-refractivity contribution < 1.29 is 13.9 Å². The molecule has 0 unspecified atom stereocenters. The zero-order valence-electron chi connectivity index (χ0n) is 19.3. The maximum Gasteiger partial charge on any atom is 0.185 e. The molecule has 0 saturated heterocycles. The SMILES string of the molecule is COc1cc2ncnc(-c3ccc4c(cnn4Cc4ccccc4)c3)c2cc1-c1ccc(C=O)o1.Cl. The van der Waals surface area contributed by atoms with E-state index in [4.69, 9.17) is 9.15 Å². The molecule has 0 atom stereocenters. The number of rotatable bonds is 6. The Kier molecular flexibility index (Phi) is 6.23. The van der Waals surface area contributed by atoms with Crippen LogP contribution in [0, 0.1) is 0 Å². The fourth-order valence-electron chi connectivity index (χ4n) is 4.35. The van der Waals surface area contributed by atoms with Gasteiger partial charge in [0.1, 0.15) is 17.8 Å². The van der Waals surface area contributed by atoms with E-state index in [-0.39, 0.29) is 18.2 Å². The number of carbonyl (C=O) groups is 1. The number of carbonyl (C=O) groups excluding carboxylic acids is 1. The molecule has 0 N–H and O–H groups in total. The number of benzene rings is 3. The van der Waals surface area contributed by atoms with Gasteiger partial charge in [-0.05, 0) is 35.9 Å². The number of halogens is 1. The molecule has 0 radical (unpaired) electrons. The van der Waals surface area contributed by atoms with Crippen molar-refractivity contribution in [3.63, 3.8) is 0 Å². The zero-order chi connectivity index (χ0) is 23.8. The molecule has 0 aliphatic rings. The Morgan fingerprint density at radius 1 is 1.00 bits per heavy atom. The van der Waals surface area contributed by atoms with Gasteiger partial charge in [0, 0.05) is 22.4 Å². The van der Waals surface area contributed by atoms with Crippen LogP contribution in [0.1, 0.15) is 16.1 Å². The van der Waals surface area contributed by atoms with Gasteiger partial charge < -0.3 is 9.15 Å². The minimum Gasteiger partial charge on any atom is -0.496 e. The first-order valence-electron chi connectivity index (χ1n) is 11.1. The summed E-state index contributed by atoms with van der Waals surface area (Å²) in [6.07, 6.45) is 4.11. The highest BCUT2D eigenvalue weighted by molar-refractivity contribution is 5.98. The summed E-state index contributed by atoms with van der Waals surface area (Å²) in [4.78, 5) is 20.2. The molecule has 0 fully saturated rings. The Balaban J connectivity index is 0.00000267. The maximum absolute atomic E-state index is 11.1. The van der Waals surface area contributed by atoms with Gasteiger partial charge in [0.2, 0.25) is 0 Å². The molecule has 7 nitrogen and oxygen atoms in total. The van der Waals surface area contributed by atoms with E-state index in [2.05, 4.69) is 45.4 Å². The highest BCUT2D eigenvalue weighted by atomic mass is 35.5. The van der Waals surface area contributed by atoms with Gasteiger partial charge in [-0.15, -0.1) is 12.4 Å². The van der Waals surface area contributed by atoms with Crippen LogP contribution in [0.2, 0.25) is 0 Å². The van der Waals surface area contributed by atoms with Crippen molar-refractivity contribution in [1.82, 2.24) is 19.7 Å². The van der Waals surface area contributed by atoms with Crippen LogP contribution in [-0.4, -0.2) is 33.1 Å². The molecule has 8 heteroatoms. The lowest BCUT2D eigenvalue weighted by atomic mass is 10.0. The summed E-state index contributed by atoms with van der Waals surface area (Å²) >= 11 is 0. The number of furan rings is 1. The predicted molar refractivity (Wildman–Crippen MR) is 141 cm³/mol. The third kappa shape index (κ3) is 4.10. The second-order valence-electron chi connectivity index (χ2n) is 8.17. The average Bonchev–Trinajstić information content (AvgIpc) is 3.55. The molecular formula is C28H21ClN4O3. The minimum absolute atomic E-state index is 0. The molecule has 6 aromatic rings. The lowest BCUT2D eigenvalue weighted by Gasteiger charge is -2.11. The number of hydrogen-bond donors (Lipinski definition) is 0. The van der Waals surface area contributed by atoms with Gasteiger partial charge in [0.25, 0.3) is 0 Å². The Bertz CT molecular complexity index is 1690. The monoisotopic (exact) mass is 496 g/mol. The molecule has 3 heterocycles. The first kappa shape index (κ1) is 23.3. The lowest BCUT2D eigenvalue weighted by Crippen LogP contribution is -2.00. The van der Waals surface area contributed by atoms with Crippen molar-refractivity contribution in [2.24, 2.45) is 0 Å². The predicted octanol–water partition coefficient (Wildman–Crippen LogP) is 6.20. The largest absolute Gasteiger partial charge is 0.496 e. The van der Waals surface area contributed by atoms with Gasteiger partial charge in [0.15, 0.2) is 12.0 Å². The summed E-state index contributed by atoms with van der Waals surface area (Å²) in [5.41, 5.74) is 5.46. The van der Waals surface area contributed by atoms with E-state index in [1.165, 1.54) is 5.56 Å². The standard InChI is InChI=1S/C28H20N4O3.ClH/c1-34-27-13-24-22(12-23(27)26-10-8-21(16-33)35-26)28(30-17-29-24)19-7-9-25-20(11-19)14-31-32(25)15-18-5-3-2-4-6-18;/h2-14,16-17H,15H2,1H3;1H. The molecule has 0 bridgehead atoms. The zero-order valence-corrected chi connectivity index (χ0v) is 20.1. The maximum atomic E-state index is 11.1. The lowest BCUT2D eigenvalue weighted by molar-refractivity contribution is 0.110. The number of nitrogens with zero attached hydrogens (tertiary/aromatic N) is 4. The van der Waals surface area contributed by atoms with E-state index in [0.717, 1.165) is 38.6 Å². The summed E-state index contributed by atoms with van der Waals surface area (Å²) in [5, 5.41) is 6.48. The number of methoxy groups -OCH3 is 1. The van der Waals surface area contributed by atoms with Gasteiger partial charge in [0.05, 0.1) is 42.1 Å². The first-order valence-corrected chi connectivity index (χ1v) is 11.1. The third-order valence-electron chi connectivity index (χ3n) is 6.06. The van der Waals surface area contributed by atoms with Crippen LogP contribution in [0.5, 0.6) is 5.75 Å². The van der Waals surface area contributed by atoms with Crippen molar-refractivity contribution in [2.75, 3.05) is 7.11 Å². The van der Waals surface area contributed by atoms with E-state index >= 15 is 0 Å². The fraction of sp³-hybridized carbons (Fsp3) is 0.0714. The van der Waals surface area contributed by atoms with Crippen molar-refractivity contribution in [3.05, 3.63) is 96.6 Å². The van der Waals surface area contributed by atoms with Gasteiger partial charge in [-0.3, -0.25) is 9.48 Å². The first-order chi connectivity index (χ1) is 17.2. The number of ether oxygens (including phenoxy) is 1. The Hall–Kier alpha value is -4.49. The topological polar surface area (TPSA) is 83.0 Å². The number of fused-ring (bicyclic) bond motifs is 2. The van der Waals surface area contributed by atoms with Crippen molar-refractivity contribution in [1.29, 1.82) is 0 Å². The average molecular weight is 497 g/mol. The molecule has 36 heavy (non-hydrogen) atoms. The molecule has 0 amide bonds. The van der Waals surface area contributed by atoms with Gasteiger partial charge in [-0.2, -0.15) is 5.10 Å². The van der Waals surface area contributed by atoms with Gasteiger partial charge in [-0.25, -0.2) is 9.97 Å². The highest BCUT2D eigenvalue weighted by Gasteiger charge is 2.16. The summed E-state index contributed by atoms with van der Waals surface area (Å²) in [7, 11) is 1.59. The summed E-state index contributed by atoms with van der Waals surface area (Å²) in [6, 6.07) is 23.7.